The summed E-state index contributed by atoms with van der Waals surface area (Å²) >= 11 is 0. The van der Waals surface area contributed by atoms with Crippen molar-refractivity contribution in [3.63, 3.8) is 0 Å². The maximum atomic E-state index is 12.1. The molecule has 0 saturated heterocycles. The van der Waals surface area contributed by atoms with Gasteiger partial charge < -0.3 is 4.74 Å². The first-order valence-corrected chi connectivity index (χ1v) is 9.12. The summed E-state index contributed by atoms with van der Waals surface area (Å²) in [4.78, 5) is 13.7. The van der Waals surface area contributed by atoms with Crippen LogP contribution in [0.2, 0.25) is 0 Å². The highest BCUT2D eigenvalue weighted by molar-refractivity contribution is 5.92. The van der Waals surface area contributed by atoms with Gasteiger partial charge in [0.25, 0.3) is 0 Å². The lowest BCUT2D eigenvalue weighted by Gasteiger charge is -2.21. The lowest BCUT2D eigenvalue weighted by Crippen LogP contribution is -2.31. The minimum Gasteiger partial charge on any atom is -0.452 e. The number of rotatable bonds is 6. The van der Waals surface area contributed by atoms with Gasteiger partial charge in [-0.25, -0.2) is 4.79 Å². The minimum absolute atomic E-state index is 0.378. The molecule has 3 rings (SSSR count). The fourth-order valence-electron chi connectivity index (χ4n) is 2.99. The Balaban J connectivity index is 1.84. The molecular formula is C25H23NO2. The van der Waals surface area contributed by atoms with Gasteiger partial charge in [0.05, 0.1) is 12.8 Å². The Morgan fingerprint density at radius 3 is 2.21 bits per heavy atom. The van der Waals surface area contributed by atoms with Gasteiger partial charge in [0, 0.05) is 6.54 Å². The number of hydrogen-bond donors (Lipinski definition) is 0. The van der Waals surface area contributed by atoms with Crippen molar-refractivity contribution in [3.8, 4) is 11.1 Å². The monoisotopic (exact) mass is 369 g/mol. The van der Waals surface area contributed by atoms with Gasteiger partial charge >= 0.3 is 6.09 Å². The lowest BCUT2D eigenvalue weighted by atomic mass is 10.0. The molecule has 0 aliphatic rings. The van der Waals surface area contributed by atoms with Crippen molar-refractivity contribution in [2.24, 2.45) is 0 Å². The first-order valence-electron chi connectivity index (χ1n) is 9.12. The van der Waals surface area contributed by atoms with Crippen LogP contribution in [-0.4, -0.2) is 19.7 Å². The molecule has 0 radical (unpaired) electrons. The van der Waals surface area contributed by atoms with Gasteiger partial charge in [0.2, 0.25) is 0 Å². The van der Waals surface area contributed by atoms with Crippen molar-refractivity contribution in [1.29, 1.82) is 0 Å². The Morgan fingerprint density at radius 2 is 1.54 bits per heavy atom. The molecule has 0 atom stereocenters. The molecule has 0 bridgehead atoms. The average molecular weight is 369 g/mol. The molecule has 140 valence electrons. The van der Waals surface area contributed by atoms with Crippen molar-refractivity contribution < 1.29 is 9.53 Å². The predicted octanol–water partition coefficient (Wildman–Crippen LogP) is 6.28. The van der Waals surface area contributed by atoms with Gasteiger partial charge in [-0.15, -0.1) is 6.58 Å². The first kappa shape index (κ1) is 19.2. The SMILES string of the molecule is C=CCN(C(=O)OC)c1ccccc1/C=C/c1ccc(-c2ccccc2)cc1. The first-order chi connectivity index (χ1) is 13.7. The van der Waals surface area contributed by atoms with E-state index in [1.54, 1.807) is 11.0 Å². The molecule has 3 aromatic rings. The van der Waals surface area contributed by atoms with E-state index in [1.807, 2.05) is 54.6 Å². The van der Waals surface area contributed by atoms with Gasteiger partial charge in [-0.2, -0.15) is 0 Å². The highest BCUT2D eigenvalue weighted by atomic mass is 16.5. The minimum atomic E-state index is -0.409. The van der Waals surface area contributed by atoms with E-state index >= 15 is 0 Å². The van der Waals surface area contributed by atoms with Gasteiger partial charge in [0.15, 0.2) is 0 Å². The Morgan fingerprint density at radius 1 is 0.893 bits per heavy atom. The number of ether oxygens (including phenoxy) is 1. The third-order valence-corrected chi connectivity index (χ3v) is 4.41. The number of benzene rings is 3. The lowest BCUT2D eigenvalue weighted by molar-refractivity contribution is 0.179. The zero-order valence-electron chi connectivity index (χ0n) is 15.9. The molecule has 0 aromatic heterocycles. The molecule has 1 amide bonds. The molecule has 0 heterocycles. The summed E-state index contributed by atoms with van der Waals surface area (Å²) in [7, 11) is 1.38. The molecule has 0 unspecified atom stereocenters. The summed E-state index contributed by atoms with van der Waals surface area (Å²) < 4.78 is 4.91. The number of nitrogens with zero attached hydrogens (tertiary/aromatic N) is 1. The molecule has 0 spiro atoms. The summed E-state index contributed by atoms with van der Waals surface area (Å²) in [5.41, 5.74) is 5.18. The second-order valence-electron chi connectivity index (χ2n) is 6.25. The molecule has 28 heavy (non-hydrogen) atoms. The van der Waals surface area contributed by atoms with Gasteiger partial charge in [-0.1, -0.05) is 91.0 Å². The van der Waals surface area contributed by atoms with Gasteiger partial charge in [0.1, 0.15) is 0 Å². The Hall–Kier alpha value is -3.59. The van der Waals surface area contributed by atoms with Gasteiger partial charge in [-0.3, -0.25) is 4.90 Å². The van der Waals surface area contributed by atoms with Crippen molar-refractivity contribution in [3.05, 3.63) is 103 Å². The van der Waals surface area contributed by atoms with Crippen LogP contribution in [0.1, 0.15) is 11.1 Å². The second kappa shape index (κ2) is 9.38. The standard InChI is InChI=1S/C25H23NO2/c1-3-19-26(25(27)28-2)24-12-8-7-11-23(24)18-15-20-13-16-22(17-14-20)21-9-5-4-6-10-21/h3-18H,1,19H2,2H3/b18-15+. The summed E-state index contributed by atoms with van der Waals surface area (Å²) in [5.74, 6) is 0. The van der Waals surface area contributed by atoms with Gasteiger partial charge in [-0.05, 0) is 28.3 Å². The fourth-order valence-corrected chi connectivity index (χ4v) is 2.99. The zero-order chi connectivity index (χ0) is 19.8. The van der Waals surface area contributed by atoms with E-state index < -0.39 is 6.09 Å². The Labute approximate surface area is 166 Å². The average Bonchev–Trinajstić information content (AvgIpc) is 2.77. The molecule has 0 aliphatic heterocycles. The number of carbonyl (C=O) groups is 1. The summed E-state index contributed by atoms with van der Waals surface area (Å²) in [6.45, 7) is 4.11. The predicted molar refractivity (Wildman–Crippen MR) is 117 cm³/mol. The van der Waals surface area contributed by atoms with Crippen LogP contribution in [0.15, 0.2) is 91.5 Å². The fraction of sp³-hybridized carbons (Fsp3) is 0.0800. The highest BCUT2D eigenvalue weighted by Gasteiger charge is 2.16. The maximum Gasteiger partial charge on any atom is 0.414 e. The summed E-state index contributed by atoms with van der Waals surface area (Å²) in [6.07, 6.45) is 5.32. The molecule has 0 N–H and O–H groups in total. The molecule has 3 nitrogen and oxygen atoms in total. The number of methoxy groups -OCH3 is 1. The van der Waals surface area contributed by atoms with Crippen LogP contribution in [0.25, 0.3) is 23.3 Å². The van der Waals surface area contributed by atoms with Crippen LogP contribution < -0.4 is 4.90 Å². The van der Waals surface area contributed by atoms with Crippen LogP contribution in [0.3, 0.4) is 0 Å². The van der Waals surface area contributed by atoms with E-state index in [4.69, 9.17) is 4.74 Å². The van der Waals surface area contributed by atoms with Crippen molar-refractivity contribution in [2.45, 2.75) is 0 Å². The van der Waals surface area contributed by atoms with Crippen LogP contribution in [0, 0.1) is 0 Å². The highest BCUT2D eigenvalue weighted by Crippen LogP contribution is 2.24. The van der Waals surface area contributed by atoms with E-state index in [1.165, 1.54) is 18.2 Å². The third-order valence-electron chi connectivity index (χ3n) is 4.41. The van der Waals surface area contributed by atoms with Crippen LogP contribution in [0.5, 0.6) is 0 Å². The summed E-state index contributed by atoms with van der Waals surface area (Å²) in [5, 5.41) is 0. The topological polar surface area (TPSA) is 29.5 Å². The normalized spacial score (nSPS) is 10.6. The van der Waals surface area contributed by atoms with E-state index in [0.29, 0.717) is 6.54 Å². The molecule has 3 heteroatoms. The number of anilines is 1. The molecular weight excluding hydrogens is 346 g/mol. The number of amides is 1. The molecule has 3 aromatic carbocycles. The van der Waals surface area contributed by atoms with E-state index in [2.05, 4.69) is 43.0 Å². The zero-order valence-corrected chi connectivity index (χ0v) is 15.9. The van der Waals surface area contributed by atoms with Crippen LogP contribution in [0.4, 0.5) is 10.5 Å². The molecule has 0 saturated carbocycles. The van der Waals surface area contributed by atoms with Crippen molar-refractivity contribution in [1.82, 2.24) is 0 Å². The third kappa shape index (κ3) is 4.57. The Kier molecular flexibility index (Phi) is 6.42. The molecule has 0 aliphatic carbocycles. The summed E-state index contributed by atoms with van der Waals surface area (Å²) in [6, 6.07) is 26.4. The smallest absolute Gasteiger partial charge is 0.414 e. The number of para-hydroxylation sites is 1. The van der Waals surface area contributed by atoms with Crippen molar-refractivity contribution >= 4 is 23.9 Å². The molecule has 0 fully saturated rings. The maximum absolute atomic E-state index is 12.1. The van der Waals surface area contributed by atoms with Crippen LogP contribution >= 0.6 is 0 Å². The van der Waals surface area contributed by atoms with E-state index in [-0.39, 0.29) is 0 Å². The second-order valence-corrected chi connectivity index (χ2v) is 6.25. The van der Waals surface area contributed by atoms with Crippen molar-refractivity contribution in [2.75, 3.05) is 18.6 Å². The van der Waals surface area contributed by atoms with E-state index in [0.717, 1.165) is 16.8 Å². The quantitative estimate of drug-likeness (QED) is 0.378. The van der Waals surface area contributed by atoms with E-state index in [9.17, 15) is 4.79 Å². The largest absolute Gasteiger partial charge is 0.452 e. The Bertz CT molecular complexity index is 959. The van der Waals surface area contributed by atoms with Crippen LogP contribution in [-0.2, 0) is 4.74 Å². The number of carbonyl (C=O) groups excluding carboxylic acids is 1. The number of hydrogen-bond acceptors (Lipinski definition) is 2.